The minimum absolute atomic E-state index is 0.698. The van der Waals surface area contributed by atoms with Crippen LogP contribution in [0, 0.1) is 6.92 Å². The minimum atomic E-state index is 0.698. The molecular formula is C24H29N7. The molecule has 0 radical (unpaired) electrons. The number of hydrogen-bond acceptors (Lipinski definition) is 7. The molecule has 0 fully saturated rings. The van der Waals surface area contributed by atoms with E-state index in [1.54, 1.807) is 12.4 Å². The van der Waals surface area contributed by atoms with Crippen molar-refractivity contribution in [3.63, 3.8) is 0 Å². The van der Waals surface area contributed by atoms with Crippen LogP contribution in [0.4, 0.5) is 17.3 Å². The van der Waals surface area contributed by atoms with E-state index in [1.165, 1.54) is 0 Å². The summed E-state index contributed by atoms with van der Waals surface area (Å²) in [5.74, 6) is 2.35. The van der Waals surface area contributed by atoms with Crippen molar-refractivity contribution >= 4 is 17.3 Å². The third-order valence-corrected chi connectivity index (χ3v) is 5.48. The van der Waals surface area contributed by atoms with Crippen molar-refractivity contribution in [1.82, 2.24) is 19.9 Å². The molecule has 1 N–H and O–H groups in total. The second-order valence-electron chi connectivity index (χ2n) is 7.63. The largest absolute Gasteiger partial charge is 0.369 e. The maximum atomic E-state index is 5.08. The Labute approximate surface area is 183 Å². The van der Waals surface area contributed by atoms with E-state index in [2.05, 4.69) is 68.7 Å². The molecule has 1 aliphatic heterocycles. The molecule has 7 heteroatoms. The van der Waals surface area contributed by atoms with Gasteiger partial charge in [0.1, 0.15) is 11.6 Å². The van der Waals surface area contributed by atoms with Gasteiger partial charge in [0.05, 0.1) is 23.3 Å². The summed E-state index contributed by atoms with van der Waals surface area (Å²) in [7, 11) is 0. The number of rotatable bonds is 6. The average Bonchev–Trinajstić information content (AvgIpc) is 2.98. The zero-order valence-electron chi connectivity index (χ0n) is 18.5. The first-order chi connectivity index (χ1) is 15.1. The summed E-state index contributed by atoms with van der Waals surface area (Å²) in [6.45, 7) is 13.3. The average molecular weight is 416 g/mol. The van der Waals surface area contributed by atoms with E-state index < -0.39 is 0 Å². The lowest BCUT2D eigenvalue weighted by Gasteiger charge is -2.28. The highest BCUT2D eigenvalue weighted by Gasteiger charge is 2.24. The lowest BCUT2D eigenvalue weighted by Crippen LogP contribution is -2.28. The lowest BCUT2D eigenvalue weighted by atomic mass is 10.1. The highest BCUT2D eigenvalue weighted by molar-refractivity contribution is 5.75. The van der Waals surface area contributed by atoms with Crippen LogP contribution in [0.5, 0.6) is 0 Å². The predicted molar refractivity (Wildman–Crippen MR) is 126 cm³/mol. The predicted octanol–water partition coefficient (Wildman–Crippen LogP) is 4.42. The monoisotopic (exact) mass is 415 g/mol. The number of aryl methyl sites for hydroxylation is 2. The molecule has 0 bridgehead atoms. The number of aromatic nitrogens is 4. The van der Waals surface area contributed by atoms with Crippen LogP contribution < -0.4 is 15.1 Å². The Hall–Kier alpha value is -3.48. The molecule has 31 heavy (non-hydrogen) atoms. The normalized spacial score (nSPS) is 13.5. The standard InChI is InChI=1S/C24H29N7/c1-5-20-15-25-16-23(28-20)27-18(4)31-13-7-12-30(6-2)22-9-8-21(29-24(22)31)19-10-11-26-17(3)14-19/h8-11,14-16H,4-7,12-13H2,1-3H3,(H,27,28). The van der Waals surface area contributed by atoms with Crippen molar-refractivity contribution in [2.24, 2.45) is 0 Å². The molecule has 0 unspecified atom stereocenters. The van der Waals surface area contributed by atoms with Crippen LogP contribution in [0.15, 0.2) is 55.3 Å². The molecule has 0 amide bonds. The molecule has 4 rings (SSSR count). The zero-order chi connectivity index (χ0) is 21.8. The van der Waals surface area contributed by atoms with Crippen molar-refractivity contribution in [2.45, 2.75) is 33.6 Å². The first-order valence-corrected chi connectivity index (χ1v) is 10.8. The highest BCUT2D eigenvalue weighted by atomic mass is 15.3. The Morgan fingerprint density at radius 1 is 1.13 bits per heavy atom. The van der Waals surface area contributed by atoms with Crippen LogP contribution in [0.25, 0.3) is 11.3 Å². The van der Waals surface area contributed by atoms with Crippen LogP contribution in [0.3, 0.4) is 0 Å². The van der Waals surface area contributed by atoms with Crippen LogP contribution in [-0.4, -0.2) is 39.6 Å². The smallest absolute Gasteiger partial charge is 0.158 e. The SMILES string of the molecule is C=C(Nc1cncc(CC)n1)N1CCCN(CC)c2ccc(-c3ccnc(C)c3)nc21. The van der Waals surface area contributed by atoms with E-state index in [0.29, 0.717) is 5.82 Å². The van der Waals surface area contributed by atoms with Crippen LogP contribution in [-0.2, 0) is 6.42 Å². The van der Waals surface area contributed by atoms with Gasteiger partial charge < -0.3 is 15.1 Å². The Balaban J connectivity index is 1.71. The molecule has 0 atom stereocenters. The van der Waals surface area contributed by atoms with Gasteiger partial charge in [-0.05, 0) is 51.0 Å². The van der Waals surface area contributed by atoms with Crippen LogP contribution in [0.2, 0.25) is 0 Å². The Morgan fingerprint density at radius 3 is 2.77 bits per heavy atom. The molecule has 160 valence electrons. The number of nitrogens with zero attached hydrogens (tertiary/aromatic N) is 6. The summed E-state index contributed by atoms with van der Waals surface area (Å²) in [5.41, 5.74) is 5.02. The van der Waals surface area contributed by atoms with E-state index in [4.69, 9.17) is 4.98 Å². The minimum Gasteiger partial charge on any atom is -0.369 e. The number of anilines is 3. The van der Waals surface area contributed by atoms with Gasteiger partial charge >= 0.3 is 0 Å². The Morgan fingerprint density at radius 2 is 2.00 bits per heavy atom. The summed E-state index contributed by atoms with van der Waals surface area (Å²) in [5, 5.41) is 3.35. The molecule has 0 spiro atoms. The second-order valence-corrected chi connectivity index (χ2v) is 7.63. The number of hydrogen-bond donors (Lipinski definition) is 1. The maximum Gasteiger partial charge on any atom is 0.158 e. The van der Waals surface area contributed by atoms with Gasteiger partial charge in [0.15, 0.2) is 5.82 Å². The summed E-state index contributed by atoms with van der Waals surface area (Å²) >= 11 is 0. The molecular weight excluding hydrogens is 386 g/mol. The van der Waals surface area contributed by atoms with Crippen molar-refractivity contribution in [2.75, 3.05) is 34.8 Å². The van der Waals surface area contributed by atoms with E-state index in [0.717, 1.165) is 72.4 Å². The van der Waals surface area contributed by atoms with Gasteiger partial charge in [-0.2, -0.15) is 0 Å². The van der Waals surface area contributed by atoms with Gasteiger partial charge in [-0.1, -0.05) is 13.5 Å². The molecule has 0 saturated heterocycles. The molecule has 4 heterocycles. The fourth-order valence-electron chi connectivity index (χ4n) is 3.84. The van der Waals surface area contributed by atoms with Gasteiger partial charge in [-0.25, -0.2) is 9.97 Å². The topological polar surface area (TPSA) is 70.1 Å². The van der Waals surface area contributed by atoms with Crippen LogP contribution in [0.1, 0.15) is 31.7 Å². The number of pyridine rings is 2. The molecule has 0 saturated carbocycles. The van der Waals surface area contributed by atoms with E-state index in [1.807, 2.05) is 19.2 Å². The third kappa shape index (κ3) is 4.50. The van der Waals surface area contributed by atoms with Crippen LogP contribution >= 0.6 is 0 Å². The van der Waals surface area contributed by atoms with Crippen molar-refractivity contribution in [3.05, 3.63) is 66.6 Å². The molecule has 0 aromatic carbocycles. The first-order valence-electron chi connectivity index (χ1n) is 10.8. The van der Waals surface area contributed by atoms with E-state index in [-0.39, 0.29) is 0 Å². The number of nitrogens with one attached hydrogen (secondary N) is 1. The second kappa shape index (κ2) is 9.12. The van der Waals surface area contributed by atoms with Crippen molar-refractivity contribution < 1.29 is 0 Å². The molecule has 7 nitrogen and oxygen atoms in total. The molecule has 3 aromatic heterocycles. The van der Waals surface area contributed by atoms with Crippen molar-refractivity contribution in [1.29, 1.82) is 0 Å². The van der Waals surface area contributed by atoms with Crippen molar-refractivity contribution in [3.8, 4) is 11.3 Å². The first kappa shape index (κ1) is 20.8. The van der Waals surface area contributed by atoms with Gasteiger partial charge in [-0.15, -0.1) is 0 Å². The highest BCUT2D eigenvalue weighted by Crippen LogP contribution is 2.35. The third-order valence-electron chi connectivity index (χ3n) is 5.48. The Kier molecular flexibility index (Phi) is 6.11. The Bertz CT molecular complexity index is 1080. The summed E-state index contributed by atoms with van der Waals surface area (Å²) < 4.78 is 0. The molecule has 1 aliphatic rings. The van der Waals surface area contributed by atoms with Gasteiger partial charge in [0.2, 0.25) is 0 Å². The van der Waals surface area contributed by atoms with Gasteiger partial charge in [-0.3, -0.25) is 9.97 Å². The summed E-state index contributed by atoms with van der Waals surface area (Å²) in [6, 6.07) is 8.32. The van der Waals surface area contributed by atoms with Gasteiger partial charge in [0.25, 0.3) is 0 Å². The van der Waals surface area contributed by atoms with E-state index >= 15 is 0 Å². The molecule has 3 aromatic rings. The zero-order valence-corrected chi connectivity index (χ0v) is 18.5. The fraction of sp³-hybridized carbons (Fsp3) is 0.333. The molecule has 0 aliphatic carbocycles. The lowest BCUT2D eigenvalue weighted by molar-refractivity contribution is 0.759. The summed E-state index contributed by atoms with van der Waals surface area (Å²) in [4.78, 5) is 22.8. The number of fused-ring (bicyclic) bond motifs is 1. The fourth-order valence-corrected chi connectivity index (χ4v) is 3.84. The van der Waals surface area contributed by atoms with Gasteiger partial charge in [0, 0.05) is 43.3 Å². The summed E-state index contributed by atoms with van der Waals surface area (Å²) in [6.07, 6.45) is 7.19. The van der Waals surface area contributed by atoms with E-state index in [9.17, 15) is 0 Å². The maximum absolute atomic E-state index is 5.08. The quantitative estimate of drug-likeness (QED) is 0.639.